The summed E-state index contributed by atoms with van der Waals surface area (Å²) in [6.07, 6.45) is 0. The lowest BCUT2D eigenvalue weighted by Crippen LogP contribution is -1.97. The number of hydrogen-bond donors (Lipinski definition) is 1. The van der Waals surface area contributed by atoms with Crippen molar-refractivity contribution in [3.8, 4) is 11.3 Å². The lowest BCUT2D eigenvalue weighted by molar-refractivity contribution is 0.0652. The molecule has 0 spiro atoms. The fourth-order valence-electron chi connectivity index (χ4n) is 1.71. The van der Waals surface area contributed by atoms with E-state index in [9.17, 15) is 13.6 Å². The number of aromatic carboxylic acids is 1. The van der Waals surface area contributed by atoms with Crippen molar-refractivity contribution in [3.05, 3.63) is 41.2 Å². The quantitative estimate of drug-likeness (QED) is 0.925. The molecule has 0 amide bonds. The van der Waals surface area contributed by atoms with Crippen LogP contribution in [0.25, 0.3) is 11.3 Å². The second-order valence-corrected chi connectivity index (χ2v) is 4.39. The van der Waals surface area contributed by atoms with E-state index < -0.39 is 23.4 Å². The minimum absolute atomic E-state index is 0.0151. The lowest BCUT2D eigenvalue weighted by atomic mass is 9.98. The van der Waals surface area contributed by atoms with Crippen LogP contribution < -0.4 is 0 Å². The topological polar surface area (TPSA) is 63.3 Å². The van der Waals surface area contributed by atoms with E-state index >= 15 is 0 Å². The molecular weight excluding hydrogens is 256 g/mol. The van der Waals surface area contributed by atoms with E-state index in [4.69, 9.17) is 5.11 Å². The van der Waals surface area contributed by atoms with E-state index in [1.54, 1.807) is 13.8 Å². The van der Waals surface area contributed by atoms with Gasteiger partial charge in [0, 0.05) is 17.7 Å². The summed E-state index contributed by atoms with van der Waals surface area (Å²) in [5.41, 5.74) is 0.370. The van der Waals surface area contributed by atoms with Crippen LogP contribution in [-0.4, -0.2) is 16.2 Å². The fraction of sp³-hybridized carbons (Fsp3) is 0.231. The lowest BCUT2D eigenvalue weighted by Gasteiger charge is -2.09. The second kappa shape index (κ2) is 4.79. The summed E-state index contributed by atoms with van der Waals surface area (Å²) in [7, 11) is 0. The Labute approximate surface area is 107 Å². The Kier molecular flexibility index (Phi) is 3.33. The predicted octanol–water partition coefficient (Wildman–Crippen LogP) is 3.44. The summed E-state index contributed by atoms with van der Waals surface area (Å²) in [5, 5.41) is 12.2. The molecule has 1 heterocycles. The molecule has 0 radical (unpaired) electrons. The van der Waals surface area contributed by atoms with E-state index in [-0.39, 0.29) is 17.2 Å². The van der Waals surface area contributed by atoms with Crippen molar-refractivity contribution in [2.75, 3.05) is 0 Å². The first-order valence-electron chi connectivity index (χ1n) is 5.59. The predicted molar refractivity (Wildman–Crippen MR) is 62.9 cm³/mol. The molecule has 19 heavy (non-hydrogen) atoms. The SMILES string of the molecule is CC(C)c1cc(-c2cc(C(=O)O)on2)c(F)cc1F. The maximum atomic E-state index is 13.7. The number of carboxylic acid groups (broad SMARTS) is 1. The number of carboxylic acids is 1. The summed E-state index contributed by atoms with van der Waals surface area (Å²) in [5.74, 6) is -3.29. The number of carbonyl (C=O) groups is 1. The molecule has 6 heteroatoms. The zero-order chi connectivity index (χ0) is 14.2. The van der Waals surface area contributed by atoms with Crippen molar-refractivity contribution >= 4 is 5.97 Å². The normalized spacial score (nSPS) is 11.0. The molecule has 4 nitrogen and oxygen atoms in total. The molecule has 0 saturated heterocycles. The Morgan fingerprint density at radius 2 is 1.95 bits per heavy atom. The highest BCUT2D eigenvalue weighted by atomic mass is 19.1. The van der Waals surface area contributed by atoms with E-state index in [0.29, 0.717) is 5.56 Å². The number of benzene rings is 1. The van der Waals surface area contributed by atoms with E-state index in [1.165, 1.54) is 6.07 Å². The van der Waals surface area contributed by atoms with Crippen LogP contribution in [0.4, 0.5) is 8.78 Å². The average molecular weight is 267 g/mol. The van der Waals surface area contributed by atoms with Gasteiger partial charge in [-0.1, -0.05) is 19.0 Å². The van der Waals surface area contributed by atoms with Gasteiger partial charge in [-0.3, -0.25) is 0 Å². The molecule has 1 aromatic heterocycles. The molecule has 0 bridgehead atoms. The molecule has 0 fully saturated rings. The van der Waals surface area contributed by atoms with Crippen molar-refractivity contribution in [1.29, 1.82) is 0 Å². The minimum atomic E-state index is -1.30. The van der Waals surface area contributed by atoms with Gasteiger partial charge in [0.2, 0.25) is 5.76 Å². The van der Waals surface area contributed by atoms with Crippen LogP contribution in [0, 0.1) is 11.6 Å². The Hall–Kier alpha value is -2.24. The zero-order valence-electron chi connectivity index (χ0n) is 10.3. The largest absolute Gasteiger partial charge is 0.475 e. The van der Waals surface area contributed by atoms with E-state index in [0.717, 1.165) is 12.1 Å². The van der Waals surface area contributed by atoms with Crippen LogP contribution in [0.3, 0.4) is 0 Å². The van der Waals surface area contributed by atoms with Gasteiger partial charge in [-0.05, 0) is 17.5 Å². The Bertz CT molecular complexity index is 635. The average Bonchev–Trinajstić information content (AvgIpc) is 2.77. The number of rotatable bonds is 3. The summed E-state index contributed by atoms with van der Waals surface area (Å²) >= 11 is 0. The van der Waals surface area contributed by atoms with Crippen molar-refractivity contribution in [1.82, 2.24) is 5.16 Å². The van der Waals surface area contributed by atoms with Crippen molar-refractivity contribution in [3.63, 3.8) is 0 Å². The van der Waals surface area contributed by atoms with Crippen LogP contribution in [0.5, 0.6) is 0 Å². The number of nitrogens with zero attached hydrogens (tertiary/aromatic N) is 1. The van der Waals surface area contributed by atoms with Gasteiger partial charge in [-0.25, -0.2) is 13.6 Å². The number of aromatic nitrogens is 1. The summed E-state index contributed by atoms with van der Waals surface area (Å²) in [6.45, 7) is 3.54. The van der Waals surface area contributed by atoms with Gasteiger partial charge in [0.1, 0.15) is 17.3 Å². The van der Waals surface area contributed by atoms with Crippen molar-refractivity contribution < 1.29 is 23.2 Å². The summed E-state index contributed by atoms with van der Waals surface area (Å²) in [4.78, 5) is 10.7. The van der Waals surface area contributed by atoms with Gasteiger partial charge in [0.25, 0.3) is 0 Å². The highest BCUT2D eigenvalue weighted by Crippen LogP contribution is 2.28. The molecule has 0 aliphatic rings. The van der Waals surface area contributed by atoms with Crippen molar-refractivity contribution in [2.45, 2.75) is 19.8 Å². The van der Waals surface area contributed by atoms with Gasteiger partial charge in [-0.15, -0.1) is 0 Å². The van der Waals surface area contributed by atoms with Gasteiger partial charge in [-0.2, -0.15) is 0 Å². The smallest absolute Gasteiger partial charge is 0.374 e. The third-order valence-corrected chi connectivity index (χ3v) is 2.71. The highest BCUT2D eigenvalue weighted by molar-refractivity contribution is 5.85. The molecule has 1 aromatic carbocycles. The van der Waals surface area contributed by atoms with Gasteiger partial charge in [0.15, 0.2) is 0 Å². The first-order chi connectivity index (χ1) is 8.90. The van der Waals surface area contributed by atoms with Crippen LogP contribution in [-0.2, 0) is 0 Å². The fourth-order valence-corrected chi connectivity index (χ4v) is 1.71. The molecule has 0 unspecified atom stereocenters. The third-order valence-electron chi connectivity index (χ3n) is 2.71. The highest BCUT2D eigenvalue weighted by Gasteiger charge is 2.18. The van der Waals surface area contributed by atoms with E-state index in [1.807, 2.05) is 0 Å². The first kappa shape index (κ1) is 13.2. The van der Waals surface area contributed by atoms with Crippen LogP contribution in [0.15, 0.2) is 22.7 Å². The Morgan fingerprint density at radius 1 is 1.26 bits per heavy atom. The third kappa shape index (κ3) is 2.47. The zero-order valence-corrected chi connectivity index (χ0v) is 10.3. The van der Waals surface area contributed by atoms with Crippen molar-refractivity contribution in [2.24, 2.45) is 0 Å². The number of hydrogen-bond acceptors (Lipinski definition) is 3. The first-order valence-corrected chi connectivity index (χ1v) is 5.59. The van der Waals surface area contributed by atoms with Gasteiger partial charge < -0.3 is 9.63 Å². The molecule has 2 aromatic rings. The maximum Gasteiger partial charge on any atom is 0.374 e. The minimum Gasteiger partial charge on any atom is -0.475 e. The molecule has 0 saturated carbocycles. The number of halogens is 2. The molecule has 0 atom stereocenters. The molecule has 1 N–H and O–H groups in total. The molecule has 0 aliphatic carbocycles. The Balaban J connectivity index is 2.54. The van der Waals surface area contributed by atoms with Crippen LogP contribution in [0.2, 0.25) is 0 Å². The monoisotopic (exact) mass is 267 g/mol. The maximum absolute atomic E-state index is 13.7. The van der Waals surface area contributed by atoms with Gasteiger partial charge in [0.05, 0.1) is 0 Å². The van der Waals surface area contributed by atoms with Crippen LogP contribution in [0.1, 0.15) is 35.9 Å². The molecular formula is C13H11F2NO3. The molecule has 2 rings (SSSR count). The summed E-state index contributed by atoms with van der Waals surface area (Å²) in [6, 6.07) is 3.18. The summed E-state index contributed by atoms with van der Waals surface area (Å²) < 4.78 is 31.8. The Morgan fingerprint density at radius 3 is 2.47 bits per heavy atom. The molecule has 100 valence electrons. The van der Waals surface area contributed by atoms with E-state index in [2.05, 4.69) is 9.68 Å². The van der Waals surface area contributed by atoms with Gasteiger partial charge >= 0.3 is 5.97 Å². The second-order valence-electron chi connectivity index (χ2n) is 4.39. The standard InChI is InChI=1S/C13H11F2NO3/c1-6(2)7-3-8(10(15)4-9(7)14)11-5-12(13(17)18)19-16-11/h3-6H,1-2H3,(H,17,18). The van der Waals surface area contributed by atoms with Crippen LogP contribution >= 0.6 is 0 Å². The molecule has 0 aliphatic heterocycles.